The Labute approximate surface area is 56.1 Å². The van der Waals surface area contributed by atoms with Gasteiger partial charge in [0.25, 0.3) is 0 Å². The first-order chi connectivity index (χ1) is 3.92. The summed E-state index contributed by atoms with van der Waals surface area (Å²) in [5.74, 6) is 0. The summed E-state index contributed by atoms with van der Waals surface area (Å²) in [6.07, 6.45) is 0. The lowest BCUT2D eigenvalue weighted by molar-refractivity contribution is -1.04. The van der Waals surface area contributed by atoms with Gasteiger partial charge in [0.1, 0.15) is 6.61 Å². The van der Waals surface area contributed by atoms with Crippen molar-refractivity contribution in [2.45, 2.75) is 20.8 Å². The molecule has 9 heavy (non-hydrogen) atoms. The molecule has 0 fully saturated rings. The third-order valence-electron chi connectivity index (χ3n) is 0.708. The van der Waals surface area contributed by atoms with E-state index >= 15 is 0 Å². The van der Waals surface area contributed by atoms with Crippen LogP contribution in [0.5, 0.6) is 0 Å². The highest BCUT2D eigenvalue weighted by atomic mass is 16.9. The molecule has 1 atom stereocenters. The van der Waals surface area contributed by atoms with E-state index in [-0.39, 0.29) is 10.6 Å². The van der Waals surface area contributed by atoms with Gasteiger partial charge in [-0.3, -0.25) is 0 Å². The molecule has 0 saturated heterocycles. The van der Waals surface area contributed by atoms with Crippen LogP contribution in [0.15, 0.2) is 0 Å². The Bertz CT molecular complexity index is 75.6. The molecule has 0 aromatic rings. The van der Waals surface area contributed by atoms with Crippen LogP contribution in [0.1, 0.15) is 20.8 Å². The third-order valence-corrected chi connectivity index (χ3v) is 0.708. The average molecular weight is 133 g/mol. The van der Waals surface area contributed by atoms with E-state index in [1.165, 1.54) is 7.05 Å². The number of rotatable bonds is 2. The summed E-state index contributed by atoms with van der Waals surface area (Å²) < 4.78 is 0. The van der Waals surface area contributed by atoms with Gasteiger partial charge < -0.3 is 5.21 Å². The minimum Gasteiger partial charge on any atom is -0.600 e. The lowest BCUT2D eigenvalue weighted by Gasteiger charge is -2.21. The number of hydrogen-bond acceptors (Lipinski definition) is 2. The van der Waals surface area contributed by atoms with Crippen molar-refractivity contribution in [3.63, 3.8) is 0 Å². The second-order valence-corrected chi connectivity index (χ2v) is 3.34. The SMILES string of the molecule is C[NH+]([O-])OCC(C)(C)C. The van der Waals surface area contributed by atoms with Crippen LogP contribution in [0.25, 0.3) is 0 Å². The number of nitrogens with one attached hydrogen (secondary N) is 1. The van der Waals surface area contributed by atoms with E-state index < -0.39 is 0 Å². The van der Waals surface area contributed by atoms with Gasteiger partial charge in [-0.2, -0.15) is 0 Å². The molecular formula is C6H15NO2. The molecule has 0 aliphatic heterocycles. The summed E-state index contributed by atoms with van der Waals surface area (Å²) in [4.78, 5) is 4.77. The third kappa shape index (κ3) is 7.88. The normalized spacial score (nSPS) is 15.7. The van der Waals surface area contributed by atoms with Crippen LogP contribution < -0.4 is 5.23 Å². The summed E-state index contributed by atoms with van der Waals surface area (Å²) in [5, 5.41) is 10.1. The monoisotopic (exact) mass is 133 g/mol. The largest absolute Gasteiger partial charge is 0.600 e. The summed E-state index contributed by atoms with van der Waals surface area (Å²) in [7, 11) is 1.42. The Kier molecular flexibility index (Phi) is 3.11. The molecule has 0 amide bonds. The topological polar surface area (TPSA) is 36.7 Å². The minimum absolute atomic E-state index is 0.0890. The van der Waals surface area contributed by atoms with Crippen molar-refractivity contribution < 1.29 is 10.1 Å². The van der Waals surface area contributed by atoms with Crippen molar-refractivity contribution in [3.05, 3.63) is 5.21 Å². The van der Waals surface area contributed by atoms with Crippen LogP contribution in [0.2, 0.25) is 0 Å². The molecular weight excluding hydrogens is 118 g/mol. The van der Waals surface area contributed by atoms with Gasteiger partial charge in [0.2, 0.25) is 0 Å². The fourth-order valence-electron chi connectivity index (χ4n) is 0.318. The van der Waals surface area contributed by atoms with Crippen LogP contribution in [0, 0.1) is 10.6 Å². The first-order valence-electron chi connectivity index (χ1n) is 3.05. The predicted molar refractivity (Wildman–Crippen MR) is 35.7 cm³/mol. The second kappa shape index (κ2) is 3.15. The Morgan fingerprint density at radius 2 is 1.89 bits per heavy atom. The molecule has 0 aliphatic rings. The van der Waals surface area contributed by atoms with Crippen LogP contribution in [0.4, 0.5) is 0 Å². The molecule has 1 unspecified atom stereocenters. The van der Waals surface area contributed by atoms with Gasteiger partial charge in [0.15, 0.2) is 0 Å². The van der Waals surface area contributed by atoms with Crippen molar-refractivity contribution in [1.82, 2.24) is 0 Å². The second-order valence-electron chi connectivity index (χ2n) is 3.34. The number of hydroxylamine groups is 2. The lowest BCUT2D eigenvalue weighted by atomic mass is 9.99. The predicted octanol–water partition coefficient (Wildman–Crippen LogP) is -0.0234. The van der Waals surface area contributed by atoms with Crippen molar-refractivity contribution in [1.29, 1.82) is 0 Å². The highest BCUT2D eigenvalue weighted by molar-refractivity contribution is 4.56. The van der Waals surface area contributed by atoms with Gasteiger partial charge in [-0.05, 0) is 5.41 Å². The Balaban J connectivity index is 3.28. The van der Waals surface area contributed by atoms with E-state index in [9.17, 15) is 5.21 Å². The molecule has 0 spiro atoms. The first kappa shape index (κ1) is 8.88. The summed E-state index contributed by atoms with van der Waals surface area (Å²) >= 11 is 0. The molecule has 0 heterocycles. The standard InChI is InChI=1S/C6H15NO2/c1-6(2,3)5-9-7(4)8/h7H,5H2,1-4H3. The zero-order valence-corrected chi connectivity index (χ0v) is 6.52. The highest BCUT2D eigenvalue weighted by Crippen LogP contribution is 2.10. The van der Waals surface area contributed by atoms with E-state index in [2.05, 4.69) is 0 Å². The fourth-order valence-corrected chi connectivity index (χ4v) is 0.318. The molecule has 3 heteroatoms. The molecule has 0 rings (SSSR count). The number of hydrogen-bond donors (Lipinski definition) is 1. The minimum atomic E-state index is -0.204. The summed E-state index contributed by atoms with van der Waals surface area (Å²) in [5.41, 5.74) is 0.0890. The van der Waals surface area contributed by atoms with Crippen LogP contribution in [-0.4, -0.2) is 13.7 Å². The quantitative estimate of drug-likeness (QED) is 0.537. The van der Waals surface area contributed by atoms with Crippen molar-refractivity contribution in [3.8, 4) is 0 Å². The molecule has 3 nitrogen and oxygen atoms in total. The summed E-state index contributed by atoms with van der Waals surface area (Å²) in [6.45, 7) is 6.57. The first-order valence-corrected chi connectivity index (χ1v) is 3.05. The van der Waals surface area contributed by atoms with Crippen LogP contribution in [0.3, 0.4) is 0 Å². The molecule has 0 aliphatic carbocycles. The maximum Gasteiger partial charge on any atom is 0.111 e. The van der Waals surface area contributed by atoms with E-state index in [1.54, 1.807) is 0 Å². The smallest absolute Gasteiger partial charge is 0.111 e. The van der Waals surface area contributed by atoms with E-state index in [1.807, 2.05) is 20.8 Å². The van der Waals surface area contributed by atoms with Crippen LogP contribution >= 0.6 is 0 Å². The molecule has 0 radical (unpaired) electrons. The van der Waals surface area contributed by atoms with Gasteiger partial charge >= 0.3 is 0 Å². The molecule has 0 aromatic carbocycles. The van der Waals surface area contributed by atoms with Gasteiger partial charge in [-0.15, -0.1) is 0 Å². The van der Waals surface area contributed by atoms with Crippen LogP contribution in [-0.2, 0) is 4.84 Å². The molecule has 0 bridgehead atoms. The maximum absolute atomic E-state index is 10.3. The molecule has 0 saturated carbocycles. The zero-order valence-electron chi connectivity index (χ0n) is 6.52. The molecule has 1 N–H and O–H groups in total. The number of quaternary nitrogens is 1. The zero-order chi connectivity index (χ0) is 7.49. The van der Waals surface area contributed by atoms with E-state index in [0.717, 1.165) is 0 Å². The fraction of sp³-hybridized carbons (Fsp3) is 1.00. The van der Waals surface area contributed by atoms with Gasteiger partial charge in [-0.25, -0.2) is 10.1 Å². The lowest BCUT2D eigenvalue weighted by Crippen LogP contribution is -3.03. The Morgan fingerprint density at radius 3 is 2.00 bits per heavy atom. The van der Waals surface area contributed by atoms with E-state index in [0.29, 0.717) is 6.61 Å². The Hall–Kier alpha value is -0.120. The van der Waals surface area contributed by atoms with Crippen molar-refractivity contribution >= 4 is 0 Å². The van der Waals surface area contributed by atoms with Gasteiger partial charge in [-0.1, -0.05) is 20.8 Å². The summed E-state index contributed by atoms with van der Waals surface area (Å²) in [6, 6.07) is 0. The molecule has 0 aromatic heterocycles. The highest BCUT2D eigenvalue weighted by Gasteiger charge is 2.11. The van der Waals surface area contributed by atoms with Crippen molar-refractivity contribution in [2.75, 3.05) is 13.7 Å². The molecule has 56 valence electrons. The van der Waals surface area contributed by atoms with Crippen molar-refractivity contribution in [2.24, 2.45) is 5.41 Å². The van der Waals surface area contributed by atoms with Gasteiger partial charge in [0, 0.05) is 0 Å². The Morgan fingerprint density at radius 1 is 1.44 bits per heavy atom. The van der Waals surface area contributed by atoms with Gasteiger partial charge in [0.05, 0.1) is 7.05 Å². The average Bonchev–Trinajstić information content (AvgIpc) is 1.59. The maximum atomic E-state index is 10.3. The van der Waals surface area contributed by atoms with E-state index in [4.69, 9.17) is 4.84 Å².